The van der Waals surface area contributed by atoms with Gasteiger partial charge in [0.25, 0.3) is 5.91 Å². The van der Waals surface area contributed by atoms with Crippen molar-refractivity contribution in [3.8, 4) is 5.75 Å². The van der Waals surface area contributed by atoms with Crippen LogP contribution in [-0.4, -0.2) is 30.0 Å². The molecule has 0 heterocycles. The first-order chi connectivity index (χ1) is 11.1. The number of nitrogens with one attached hydrogen (secondary N) is 2. The number of aromatic hydroxyl groups is 1. The van der Waals surface area contributed by atoms with Crippen molar-refractivity contribution < 1.29 is 14.7 Å². The molecule has 0 aliphatic rings. The molecule has 0 atom stereocenters. The first-order valence-corrected chi connectivity index (χ1v) is 7.51. The Hall–Kier alpha value is -2.53. The highest BCUT2D eigenvalue weighted by Gasteiger charge is 2.11. The standard InChI is InChI=1S/C17H17ClN2O3/c18-13-6-7-15(21)14(11-13)17(23)20-9-8-19-16(22)10-12-4-2-1-3-5-12/h1-7,11,21H,8-10H2,(H,19,22)(H,20,23). The van der Waals surface area contributed by atoms with Crippen LogP contribution in [0.3, 0.4) is 0 Å². The lowest BCUT2D eigenvalue weighted by molar-refractivity contribution is -0.120. The van der Waals surface area contributed by atoms with Gasteiger partial charge in [0.2, 0.25) is 5.91 Å². The van der Waals surface area contributed by atoms with Crippen molar-refractivity contribution in [2.45, 2.75) is 6.42 Å². The molecule has 2 amide bonds. The molecule has 2 aromatic carbocycles. The minimum atomic E-state index is -0.442. The summed E-state index contributed by atoms with van der Waals surface area (Å²) in [6.07, 6.45) is 0.296. The fourth-order valence-electron chi connectivity index (χ4n) is 2.01. The molecule has 6 heteroatoms. The summed E-state index contributed by atoms with van der Waals surface area (Å²) >= 11 is 5.79. The molecule has 2 aromatic rings. The van der Waals surface area contributed by atoms with E-state index >= 15 is 0 Å². The molecular formula is C17H17ClN2O3. The summed E-state index contributed by atoms with van der Waals surface area (Å²) in [4.78, 5) is 23.7. The molecule has 120 valence electrons. The number of phenols is 1. The molecule has 0 aromatic heterocycles. The number of rotatable bonds is 6. The Morgan fingerprint density at radius 2 is 1.70 bits per heavy atom. The Kier molecular flexibility index (Phi) is 6.00. The second-order valence-electron chi connectivity index (χ2n) is 4.93. The fourth-order valence-corrected chi connectivity index (χ4v) is 2.18. The first kappa shape index (κ1) is 16.8. The lowest BCUT2D eigenvalue weighted by Gasteiger charge is -2.08. The van der Waals surface area contributed by atoms with Crippen LogP contribution in [0.25, 0.3) is 0 Å². The van der Waals surface area contributed by atoms with Gasteiger partial charge in [0, 0.05) is 18.1 Å². The summed E-state index contributed by atoms with van der Waals surface area (Å²) in [7, 11) is 0. The van der Waals surface area contributed by atoms with Crippen LogP contribution in [0.4, 0.5) is 0 Å². The van der Waals surface area contributed by atoms with Crippen molar-refractivity contribution in [3.63, 3.8) is 0 Å². The van der Waals surface area contributed by atoms with Gasteiger partial charge < -0.3 is 15.7 Å². The molecule has 0 radical (unpaired) electrons. The van der Waals surface area contributed by atoms with E-state index in [9.17, 15) is 14.7 Å². The van der Waals surface area contributed by atoms with Crippen LogP contribution in [0.5, 0.6) is 5.75 Å². The monoisotopic (exact) mass is 332 g/mol. The van der Waals surface area contributed by atoms with Gasteiger partial charge in [0.1, 0.15) is 5.75 Å². The largest absolute Gasteiger partial charge is 0.507 e. The average Bonchev–Trinajstić information content (AvgIpc) is 2.54. The summed E-state index contributed by atoms with van der Waals surface area (Å²) in [5, 5.41) is 15.3. The molecule has 0 saturated heterocycles. The first-order valence-electron chi connectivity index (χ1n) is 7.13. The van der Waals surface area contributed by atoms with E-state index in [0.29, 0.717) is 18.0 Å². The van der Waals surface area contributed by atoms with Crippen molar-refractivity contribution in [2.75, 3.05) is 13.1 Å². The number of hydrogen-bond acceptors (Lipinski definition) is 3. The van der Waals surface area contributed by atoms with E-state index in [1.165, 1.54) is 18.2 Å². The summed E-state index contributed by atoms with van der Waals surface area (Å²) < 4.78 is 0. The second-order valence-corrected chi connectivity index (χ2v) is 5.37. The number of benzene rings is 2. The molecule has 0 fully saturated rings. The van der Waals surface area contributed by atoms with E-state index in [1.54, 1.807) is 0 Å². The highest BCUT2D eigenvalue weighted by molar-refractivity contribution is 6.31. The van der Waals surface area contributed by atoms with E-state index in [2.05, 4.69) is 10.6 Å². The molecule has 0 saturated carbocycles. The average molecular weight is 333 g/mol. The minimum Gasteiger partial charge on any atom is -0.507 e. The van der Waals surface area contributed by atoms with Gasteiger partial charge in [0.15, 0.2) is 0 Å². The molecule has 0 aliphatic heterocycles. The van der Waals surface area contributed by atoms with Crippen LogP contribution in [0.1, 0.15) is 15.9 Å². The summed E-state index contributed by atoms with van der Waals surface area (Å²) in [5.41, 5.74) is 1.03. The van der Waals surface area contributed by atoms with Crippen molar-refractivity contribution in [2.24, 2.45) is 0 Å². The van der Waals surface area contributed by atoms with E-state index in [1.807, 2.05) is 30.3 Å². The number of carbonyl (C=O) groups excluding carboxylic acids is 2. The Bertz CT molecular complexity index is 689. The number of halogens is 1. The third-order valence-corrected chi connectivity index (χ3v) is 3.38. The fraction of sp³-hybridized carbons (Fsp3) is 0.176. The molecule has 0 unspecified atom stereocenters. The van der Waals surface area contributed by atoms with Gasteiger partial charge in [0.05, 0.1) is 12.0 Å². The molecule has 0 spiro atoms. The van der Waals surface area contributed by atoms with Gasteiger partial charge >= 0.3 is 0 Å². The Morgan fingerprint density at radius 1 is 1.00 bits per heavy atom. The molecule has 5 nitrogen and oxygen atoms in total. The van der Waals surface area contributed by atoms with Gasteiger partial charge in [-0.2, -0.15) is 0 Å². The smallest absolute Gasteiger partial charge is 0.255 e. The number of hydrogen-bond donors (Lipinski definition) is 3. The van der Waals surface area contributed by atoms with Gasteiger partial charge in [-0.25, -0.2) is 0 Å². The molecule has 2 rings (SSSR count). The SMILES string of the molecule is O=C(Cc1ccccc1)NCCNC(=O)c1cc(Cl)ccc1O. The molecular weight excluding hydrogens is 316 g/mol. The third-order valence-electron chi connectivity index (χ3n) is 3.14. The van der Waals surface area contributed by atoms with E-state index < -0.39 is 5.91 Å². The summed E-state index contributed by atoms with van der Waals surface area (Å²) in [6.45, 7) is 0.560. The predicted octanol–water partition coefficient (Wildman–Crippen LogP) is 2.13. The zero-order valence-electron chi connectivity index (χ0n) is 12.4. The quantitative estimate of drug-likeness (QED) is 0.709. The van der Waals surface area contributed by atoms with Crippen LogP contribution in [0.2, 0.25) is 5.02 Å². The molecule has 0 aliphatic carbocycles. The highest BCUT2D eigenvalue weighted by Crippen LogP contribution is 2.21. The van der Waals surface area contributed by atoms with Gasteiger partial charge in [-0.3, -0.25) is 9.59 Å². The van der Waals surface area contributed by atoms with Crippen LogP contribution in [-0.2, 0) is 11.2 Å². The maximum atomic E-state index is 11.9. The highest BCUT2D eigenvalue weighted by atomic mass is 35.5. The number of carbonyl (C=O) groups is 2. The van der Waals surface area contributed by atoms with E-state index in [-0.39, 0.29) is 23.8 Å². The Balaban J connectivity index is 1.73. The third kappa shape index (κ3) is 5.30. The van der Waals surface area contributed by atoms with Crippen LogP contribution in [0, 0.1) is 0 Å². The van der Waals surface area contributed by atoms with Gasteiger partial charge in [-0.05, 0) is 23.8 Å². The van der Waals surface area contributed by atoms with E-state index in [4.69, 9.17) is 11.6 Å². The zero-order valence-corrected chi connectivity index (χ0v) is 13.1. The van der Waals surface area contributed by atoms with Crippen molar-refractivity contribution >= 4 is 23.4 Å². The molecule has 23 heavy (non-hydrogen) atoms. The lowest BCUT2D eigenvalue weighted by atomic mass is 10.1. The number of phenolic OH excluding ortho intramolecular Hbond substituents is 1. The van der Waals surface area contributed by atoms with Crippen molar-refractivity contribution in [1.82, 2.24) is 10.6 Å². The zero-order chi connectivity index (χ0) is 16.7. The minimum absolute atomic E-state index is 0.105. The maximum absolute atomic E-state index is 11.9. The van der Waals surface area contributed by atoms with Crippen molar-refractivity contribution in [3.05, 3.63) is 64.7 Å². The van der Waals surface area contributed by atoms with Crippen LogP contribution < -0.4 is 10.6 Å². The van der Waals surface area contributed by atoms with Crippen LogP contribution >= 0.6 is 11.6 Å². The van der Waals surface area contributed by atoms with Crippen molar-refractivity contribution in [1.29, 1.82) is 0 Å². The Labute approximate surface area is 139 Å². The maximum Gasteiger partial charge on any atom is 0.255 e. The van der Waals surface area contributed by atoms with Crippen LogP contribution in [0.15, 0.2) is 48.5 Å². The predicted molar refractivity (Wildman–Crippen MR) is 88.6 cm³/mol. The summed E-state index contributed by atoms with van der Waals surface area (Å²) in [5.74, 6) is -0.696. The normalized spacial score (nSPS) is 10.1. The Morgan fingerprint density at radius 3 is 2.43 bits per heavy atom. The van der Waals surface area contributed by atoms with Gasteiger partial charge in [-0.15, -0.1) is 0 Å². The van der Waals surface area contributed by atoms with Gasteiger partial charge in [-0.1, -0.05) is 41.9 Å². The van der Waals surface area contributed by atoms with E-state index in [0.717, 1.165) is 5.56 Å². The summed E-state index contributed by atoms with van der Waals surface area (Å²) in [6, 6.07) is 13.6. The second kappa shape index (κ2) is 8.19. The molecule has 3 N–H and O–H groups in total. The molecule has 0 bridgehead atoms. The lowest BCUT2D eigenvalue weighted by Crippen LogP contribution is -2.35. The number of amides is 2. The topological polar surface area (TPSA) is 78.4 Å².